The number of nitrogens with zero attached hydrogens (tertiary/aromatic N) is 1. The molecule has 2 aromatic rings. The lowest BCUT2D eigenvalue weighted by molar-refractivity contribution is 0.0690. The van der Waals surface area contributed by atoms with Crippen LogP contribution < -0.4 is 5.32 Å². The summed E-state index contributed by atoms with van der Waals surface area (Å²) < 4.78 is 5.71. The quantitative estimate of drug-likeness (QED) is 0.873. The second kappa shape index (κ2) is 6.64. The molecule has 1 amide bonds. The highest BCUT2D eigenvalue weighted by atomic mass is 16.4. The first kappa shape index (κ1) is 16.7. The van der Waals surface area contributed by atoms with E-state index in [9.17, 15) is 9.59 Å². The van der Waals surface area contributed by atoms with Gasteiger partial charge < -0.3 is 14.8 Å². The molecule has 0 bridgehead atoms. The van der Waals surface area contributed by atoms with E-state index in [1.807, 2.05) is 27.7 Å². The fourth-order valence-corrected chi connectivity index (χ4v) is 2.22. The molecule has 2 rings (SSSR count). The maximum Gasteiger partial charge on any atom is 0.354 e. The third-order valence-corrected chi connectivity index (χ3v) is 3.40. The van der Waals surface area contributed by atoms with E-state index >= 15 is 0 Å². The molecule has 0 saturated carbocycles. The molecule has 23 heavy (non-hydrogen) atoms. The first-order valence-electron chi connectivity index (χ1n) is 7.44. The van der Waals surface area contributed by atoms with E-state index in [0.29, 0.717) is 5.69 Å². The van der Waals surface area contributed by atoms with Crippen LogP contribution >= 0.6 is 0 Å². The third-order valence-electron chi connectivity index (χ3n) is 3.40. The molecule has 0 spiro atoms. The summed E-state index contributed by atoms with van der Waals surface area (Å²) in [4.78, 5) is 26.8. The van der Waals surface area contributed by atoms with Crippen LogP contribution in [0.3, 0.4) is 0 Å². The van der Waals surface area contributed by atoms with Crippen LogP contribution in [0.15, 0.2) is 28.8 Å². The molecule has 0 unspecified atom stereocenters. The van der Waals surface area contributed by atoms with Crippen LogP contribution in [0.1, 0.15) is 71.9 Å². The van der Waals surface area contributed by atoms with Crippen molar-refractivity contribution in [3.05, 3.63) is 47.2 Å². The summed E-state index contributed by atoms with van der Waals surface area (Å²) in [5, 5.41) is 11.5. The Hall–Kier alpha value is -2.63. The number of carboxylic acid groups (broad SMARTS) is 1. The Bertz CT molecular complexity index is 689. The van der Waals surface area contributed by atoms with Gasteiger partial charge in [-0.3, -0.25) is 4.79 Å². The van der Waals surface area contributed by atoms with Crippen LogP contribution in [-0.4, -0.2) is 22.0 Å². The zero-order valence-electron chi connectivity index (χ0n) is 13.6. The molecule has 0 aliphatic heterocycles. The number of nitrogens with one attached hydrogen (secondary N) is 1. The van der Waals surface area contributed by atoms with E-state index in [0.717, 1.165) is 11.3 Å². The maximum atomic E-state index is 12.3. The van der Waals surface area contributed by atoms with E-state index in [-0.39, 0.29) is 29.2 Å². The maximum absolute atomic E-state index is 12.3. The minimum atomic E-state index is -1.11. The Balaban J connectivity index is 2.20. The SMILES string of the molecule is CC(C)c1cc(C(=O)Nc2ccc(C(=O)O)nc2)oc1C(C)C. The molecule has 0 aliphatic carbocycles. The summed E-state index contributed by atoms with van der Waals surface area (Å²) in [7, 11) is 0. The number of aromatic nitrogens is 1. The highest BCUT2D eigenvalue weighted by Gasteiger charge is 2.20. The van der Waals surface area contributed by atoms with Gasteiger partial charge in [0.1, 0.15) is 11.5 Å². The van der Waals surface area contributed by atoms with Crippen LogP contribution in [0.5, 0.6) is 0 Å². The molecule has 122 valence electrons. The zero-order valence-corrected chi connectivity index (χ0v) is 13.6. The van der Waals surface area contributed by atoms with Gasteiger partial charge in [0.25, 0.3) is 5.91 Å². The lowest BCUT2D eigenvalue weighted by atomic mass is 9.98. The summed E-state index contributed by atoms with van der Waals surface area (Å²) in [5.41, 5.74) is 1.35. The number of hydrogen-bond acceptors (Lipinski definition) is 4. The van der Waals surface area contributed by atoms with Gasteiger partial charge in [0.2, 0.25) is 0 Å². The number of carbonyl (C=O) groups excluding carboxylic acids is 1. The van der Waals surface area contributed by atoms with E-state index in [1.54, 1.807) is 6.07 Å². The van der Waals surface area contributed by atoms with Gasteiger partial charge in [0.15, 0.2) is 5.76 Å². The van der Waals surface area contributed by atoms with Crippen molar-refractivity contribution in [1.82, 2.24) is 4.98 Å². The van der Waals surface area contributed by atoms with Crippen molar-refractivity contribution >= 4 is 17.6 Å². The van der Waals surface area contributed by atoms with Gasteiger partial charge in [-0.1, -0.05) is 27.7 Å². The van der Waals surface area contributed by atoms with Crippen molar-refractivity contribution in [3.63, 3.8) is 0 Å². The van der Waals surface area contributed by atoms with Crippen LogP contribution in [0.4, 0.5) is 5.69 Å². The summed E-state index contributed by atoms with van der Waals surface area (Å²) in [6.07, 6.45) is 1.30. The lowest BCUT2D eigenvalue weighted by Crippen LogP contribution is -2.11. The van der Waals surface area contributed by atoms with Crippen molar-refractivity contribution in [2.24, 2.45) is 0 Å². The fraction of sp³-hybridized carbons (Fsp3) is 0.353. The number of furan rings is 1. The van der Waals surface area contributed by atoms with E-state index in [4.69, 9.17) is 9.52 Å². The number of amides is 1. The van der Waals surface area contributed by atoms with Gasteiger partial charge in [-0.25, -0.2) is 9.78 Å². The highest BCUT2D eigenvalue weighted by Crippen LogP contribution is 2.29. The van der Waals surface area contributed by atoms with Crippen molar-refractivity contribution in [2.75, 3.05) is 5.32 Å². The summed E-state index contributed by atoms with van der Waals surface area (Å²) in [6, 6.07) is 4.58. The van der Waals surface area contributed by atoms with Crippen LogP contribution in [-0.2, 0) is 0 Å². The van der Waals surface area contributed by atoms with Crippen molar-refractivity contribution in [3.8, 4) is 0 Å². The number of anilines is 1. The minimum absolute atomic E-state index is 0.0785. The van der Waals surface area contributed by atoms with Gasteiger partial charge in [0, 0.05) is 5.92 Å². The molecule has 2 aromatic heterocycles. The van der Waals surface area contributed by atoms with Gasteiger partial charge in [-0.2, -0.15) is 0 Å². The summed E-state index contributed by atoms with van der Waals surface area (Å²) >= 11 is 0. The molecule has 0 saturated heterocycles. The molecule has 0 aromatic carbocycles. The first-order chi connectivity index (χ1) is 10.8. The van der Waals surface area contributed by atoms with E-state index in [1.165, 1.54) is 18.3 Å². The van der Waals surface area contributed by atoms with Crippen LogP contribution in [0.2, 0.25) is 0 Å². The average Bonchev–Trinajstić information content (AvgIpc) is 2.93. The van der Waals surface area contributed by atoms with Crippen molar-refractivity contribution in [2.45, 2.75) is 39.5 Å². The molecule has 2 N–H and O–H groups in total. The van der Waals surface area contributed by atoms with Crippen molar-refractivity contribution < 1.29 is 19.1 Å². The highest BCUT2D eigenvalue weighted by molar-refractivity contribution is 6.02. The summed E-state index contributed by atoms with van der Waals surface area (Å²) in [5.74, 6) is -0.00960. The minimum Gasteiger partial charge on any atom is -0.477 e. The Morgan fingerprint density at radius 1 is 1.17 bits per heavy atom. The van der Waals surface area contributed by atoms with Gasteiger partial charge >= 0.3 is 5.97 Å². The predicted molar refractivity (Wildman–Crippen MR) is 86.0 cm³/mol. The van der Waals surface area contributed by atoms with Crippen LogP contribution in [0, 0.1) is 0 Å². The predicted octanol–water partition coefficient (Wildman–Crippen LogP) is 3.87. The number of carboxylic acids is 1. The monoisotopic (exact) mass is 316 g/mol. The molecule has 0 atom stereocenters. The average molecular weight is 316 g/mol. The smallest absolute Gasteiger partial charge is 0.354 e. The Morgan fingerprint density at radius 3 is 2.30 bits per heavy atom. The third kappa shape index (κ3) is 3.77. The first-order valence-corrected chi connectivity index (χ1v) is 7.44. The number of hydrogen-bond donors (Lipinski definition) is 2. The largest absolute Gasteiger partial charge is 0.477 e. The molecular weight excluding hydrogens is 296 g/mol. The zero-order chi connectivity index (χ0) is 17.1. The number of aromatic carboxylic acids is 1. The molecule has 6 heteroatoms. The Labute approximate surface area is 134 Å². The standard InChI is InChI=1S/C17H20N2O4/c1-9(2)12-7-14(23-15(12)10(3)4)16(20)19-11-5-6-13(17(21)22)18-8-11/h5-10H,1-4H3,(H,19,20)(H,21,22). The van der Waals surface area contributed by atoms with Gasteiger partial charge in [-0.05, 0) is 29.7 Å². The fourth-order valence-electron chi connectivity index (χ4n) is 2.22. The van der Waals surface area contributed by atoms with Crippen LogP contribution in [0.25, 0.3) is 0 Å². The number of rotatable bonds is 5. The van der Waals surface area contributed by atoms with Crippen molar-refractivity contribution in [1.29, 1.82) is 0 Å². The van der Waals surface area contributed by atoms with Gasteiger partial charge in [0.05, 0.1) is 11.9 Å². The summed E-state index contributed by atoms with van der Waals surface area (Å²) in [6.45, 7) is 8.13. The Morgan fingerprint density at radius 2 is 1.87 bits per heavy atom. The Kier molecular flexibility index (Phi) is 4.83. The lowest BCUT2D eigenvalue weighted by Gasteiger charge is -2.07. The topological polar surface area (TPSA) is 92.4 Å². The number of carbonyl (C=O) groups is 2. The molecule has 0 aliphatic rings. The molecule has 0 radical (unpaired) electrons. The normalized spacial score (nSPS) is 11.0. The second-order valence-corrected chi connectivity index (χ2v) is 5.93. The molecule has 0 fully saturated rings. The van der Waals surface area contributed by atoms with Gasteiger partial charge in [-0.15, -0.1) is 0 Å². The van der Waals surface area contributed by atoms with E-state index < -0.39 is 5.97 Å². The molecule has 6 nitrogen and oxygen atoms in total. The molecular formula is C17H20N2O4. The number of pyridine rings is 1. The second-order valence-electron chi connectivity index (χ2n) is 5.93. The molecule has 2 heterocycles. The van der Waals surface area contributed by atoms with E-state index in [2.05, 4.69) is 10.3 Å².